The van der Waals surface area contributed by atoms with Crippen molar-refractivity contribution in [2.24, 2.45) is 0 Å². The summed E-state index contributed by atoms with van der Waals surface area (Å²) in [5, 5.41) is 9.13. The monoisotopic (exact) mass is 328 g/mol. The van der Waals surface area contributed by atoms with Crippen LogP contribution >= 0.6 is 38.6 Å². The third kappa shape index (κ3) is 2.78. The summed E-state index contributed by atoms with van der Waals surface area (Å²) in [4.78, 5) is 5.97. The lowest BCUT2D eigenvalue weighted by Gasteiger charge is -2.14. The highest BCUT2D eigenvalue weighted by Gasteiger charge is 2.28. The minimum Gasteiger partial charge on any atom is -0.301 e. The predicted octanol–water partition coefficient (Wildman–Crippen LogP) is 4.12. The smallest absolute Gasteiger partial charge is 0.115 e. The molecule has 1 saturated carbocycles. The van der Waals surface area contributed by atoms with Crippen molar-refractivity contribution < 1.29 is 0 Å². The molecular formula is C12H13BrN2S2. The minimum atomic E-state index is 0.275. The molecule has 0 radical (unpaired) electrons. The van der Waals surface area contributed by atoms with E-state index in [1.807, 2.05) is 0 Å². The van der Waals surface area contributed by atoms with Gasteiger partial charge in [-0.05, 0) is 41.8 Å². The molecule has 2 aromatic rings. The van der Waals surface area contributed by atoms with E-state index >= 15 is 0 Å². The van der Waals surface area contributed by atoms with Gasteiger partial charge in [0.2, 0.25) is 0 Å². The maximum absolute atomic E-state index is 4.62. The lowest BCUT2D eigenvalue weighted by atomic mass is 10.2. The summed E-state index contributed by atoms with van der Waals surface area (Å²) in [6.45, 7) is 2.05. The summed E-state index contributed by atoms with van der Waals surface area (Å²) in [6, 6.07) is 3.16. The molecule has 90 valence electrons. The van der Waals surface area contributed by atoms with Gasteiger partial charge in [0.25, 0.3) is 0 Å². The summed E-state index contributed by atoms with van der Waals surface area (Å²) in [6.07, 6.45) is 2.60. The SMILES string of the molecule is Cc1csc(C(NC2CC2)c2cc(Br)cs2)n1. The Kier molecular flexibility index (Phi) is 3.34. The molecule has 1 aliphatic carbocycles. The van der Waals surface area contributed by atoms with Gasteiger partial charge in [0.1, 0.15) is 5.01 Å². The van der Waals surface area contributed by atoms with E-state index in [0.717, 1.165) is 10.2 Å². The second kappa shape index (κ2) is 4.80. The van der Waals surface area contributed by atoms with Crippen molar-refractivity contribution in [1.29, 1.82) is 0 Å². The highest BCUT2D eigenvalue weighted by molar-refractivity contribution is 9.10. The van der Waals surface area contributed by atoms with Crippen molar-refractivity contribution in [3.63, 3.8) is 0 Å². The van der Waals surface area contributed by atoms with Crippen LogP contribution in [0.15, 0.2) is 21.3 Å². The number of hydrogen-bond acceptors (Lipinski definition) is 4. The van der Waals surface area contributed by atoms with Crippen LogP contribution in [-0.2, 0) is 0 Å². The molecule has 0 saturated heterocycles. The zero-order valence-corrected chi connectivity index (χ0v) is 12.7. The first-order valence-corrected chi connectivity index (χ1v) is 8.19. The molecule has 1 fully saturated rings. The molecule has 0 aliphatic heterocycles. The Morgan fingerprint density at radius 1 is 1.41 bits per heavy atom. The fraction of sp³-hybridized carbons (Fsp3) is 0.417. The zero-order valence-electron chi connectivity index (χ0n) is 9.44. The summed E-state index contributed by atoms with van der Waals surface area (Å²) in [5.74, 6) is 0. The molecule has 0 amide bonds. The quantitative estimate of drug-likeness (QED) is 0.913. The Bertz CT molecular complexity index is 476. The average molecular weight is 329 g/mol. The molecule has 0 spiro atoms. The number of thiazole rings is 1. The number of thiophene rings is 1. The summed E-state index contributed by atoms with van der Waals surface area (Å²) in [5.41, 5.74) is 1.11. The molecule has 1 atom stereocenters. The van der Waals surface area contributed by atoms with E-state index < -0.39 is 0 Å². The van der Waals surface area contributed by atoms with Crippen molar-refractivity contribution in [3.05, 3.63) is 36.9 Å². The molecule has 2 heterocycles. The first kappa shape index (κ1) is 11.8. The Labute approximate surface area is 117 Å². The normalized spacial score (nSPS) is 17.3. The topological polar surface area (TPSA) is 24.9 Å². The van der Waals surface area contributed by atoms with Crippen LogP contribution in [0.25, 0.3) is 0 Å². The Morgan fingerprint density at radius 3 is 2.76 bits per heavy atom. The van der Waals surface area contributed by atoms with Crippen LogP contribution in [0.5, 0.6) is 0 Å². The fourth-order valence-electron chi connectivity index (χ4n) is 1.75. The molecule has 1 unspecified atom stereocenters. The van der Waals surface area contributed by atoms with Crippen LogP contribution in [0.2, 0.25) is 0 Å². The lowest BCUT2D eigenvalue weighted by Crippen LogP contribution is -2.23. The maximum atomic E-state index is 4.62. The highest BCUT2D eigenvalue weighted by Crippen LogP contribution is 2.34. The Balaban J connectivity index is 1.90. The maximum Gasteiger partial charge on any atom is 0.115 e. The van der Waals surface area contributed by atoms with Gasteiger partial charge in [-0.15, -0.1) is 22.7 Å². The molecule has 3 rings (SSSR count). The second-order valence-corrected chi connectivity index (χ2v) is 7.12. The standard InChI is InChI=1S/C12H13BrN2S2/c1-7-5-17-12(14-7)11(15-9-2-3-9)10-4-8(13)6-16-10/h4-6,9,11,15H,2-3H2,1H3. The number of nitrogens with one attached hydrogen (secondary N) is 1. The molecule has 2 nitrogen and oxygen atoms in total. The third-order valence-corrected chi connectivity index (χ3v) is 5.52. The fourth-order valence-corrected chi connectivity index (χ4v) is 4.20. The largest absolute Gasteiger partial charge is 0.301 e. The van der Waals surface area contributed by atoms with E-state index in [9.17, 15) is 0 Å². The van der Waals surface area contributed by atoms with E-state index in [1.165, 1.54) is 22.7 Å². The lowest BCUT2D eigenvalue weighted by molar-refractivity contribution is 0.605. The van der Waals surface area contributed by atoms with Crippen molar-refractivity contribution in [3.8, 4) is 0 Å². The van der Waals surface area contributed by atoms with E-state index in [1.54, 1.807) is 22.7 Å². The number of aryl methyl sites for hydroxylation is 1. The van der Waals surface area contributed by atoms with Gasteiger partial charge in [0, 0.05) is 31.8 Å². The number of nitrogens with zero attached hydrogens (tertiary/aromatic N) is 1. The zero-order chi connectivity index (χ0) is 11.8. The van der Waals surface area contributed by atoms with Crippen LogP contribution in [0, 0.1) is 6.92 Å². The van der Waals surface area contributed by atoms with Crippen molar-refractivity contribution in [2.75, 3.05) is 0 Å². The Morgan fingerprint density at radius 2 is 2.24 bits per heavy atom. The van der Waals surface area contributed by atoms with Gasteiger partial charge in [0.15, 0.2) is 0 Å². The van der Waals surface area contributed by atoms with Crippen LogP contribution in [0.4, 0.5) is 0 Å². The van der Waals surface area contributed by atoms with E-state index in [0.29, 0.717) is 6.04 Å². The van der Waals surface area contributed by atoms with E-state index in [-0.39, 0.29) is 6.04 Å². The van der Waals surface area contributed by atoms with Gasteiger partial charge in [-0.2, -0.15) is 0 Å². The van der Waals surface area contributed by atoms with E-state index in [2.05, 4.69) is 50.0 Å². The predicted molar refractivity (Wildman–Crippen MR) is 76.9 cm³/mol. The number of halogens is 1. The van der Waals surface area contributed by atoms with Crippen LogP contribution in [0.1, 0.15) is 34.5 Å². The number of rotatable bonds is 4. The molecule has 17 heavy (non-hydrogen) atoms. The van der Waals surface area contributed by atoms with Crippen molar-refractivity contribution in [1.82, 2.24) is 10.3 Å². The first-order chi connectivity index (χ1) is 8.22. The molecular weight excluding hydrogens is 316 g/mol. The van der Waals surface area contributed by atoms with Crippen molar-refractivity contribution >= 4 is 38.6 Å². The summed E-state index contributed by atoms with van der Waals surface area (Å²) in [7, 11) is 0. The van der Waals surface area contributed by atoms with Crippen LogP contribution < -0.4 is 5.32 Å². The Hall–Kier alpha value is -0.230. The highest BCUT2D eigenvalue weighted by atomic mass is 79.9. The first-order valence-electron chi connectivity index (χ1n) is 5.64. The number of aromatic nitrogens is 1. The molecule has 2 aromatic heterocycles. The third-order valence-electron chi connectivity index (χ3n) is 2.74. The minimum absolute atomic E-state index is 0.275. The van der Waals surface area contributed by atoms with Gasteiger partial charge in [-0.25, -0.2) is 4.98 Å². The average Bonchev–Trinajstić information content (AvgIpc) is 2.86. The summed E-state index contributed by atoms with van der Waals surface area (Å²) < 4.78 is 1.16. The molecule has 1 N–H and O–H groups in total. The number of hydrogen-bond donors (Lipinski definition) is 1. The van der Waals surface area contributed by atoms with Gasteiger partial charge in [-0.3, -0.25) is 0 Å². The van der Waals surface area contributed by atoms with Crippen molar-refractivity contribution in [2.45, 2.75) is 31.8 Å². The second-order valence-electron chi connectivity index (χ2n) is 4.37. The van der Waals surface area contributed by atoms with Gasteiger partial charge < -0.3 is 5.32 Å². The van der Waals surface area contributed by atoms with Gasteiger partial charge >= 0.3 is 0 Å². The van der Waals surface area contributed by atoms with Crippen LogP contribution in [0.3, 0.4) is 0 Å². The molecule has 5 heteroatoms. The van der Waals surface area contributed by atoms with Crippen LogP contribution in [-0.4, -0.2) is 11.0 Å². The van der Waals surface area contributed by atoms with E-state index in [4.69, 9.17) is 0 Å². The molecule has 0 bridgehead atoms. The molecule has 1 aliphatic rings. The molecule has 0 aromatic carbocycles. The van der Waals surface area contributed by atoms with Gasteiger partial charge in [-0.1, -0.05) is 0 Å². The summed E-state index contributed by atoms with van der Waals surface area (Å²) >= 11 is 7.06. The van der Waals surface area contributed by atoms with Gasteiger partial charge in [0.05, 0.1) is 6.04 Å².